The van der Waals surface area contributed by atoms with Gasteiger partial charge in [0.15, 0.2) is 5.11 Å². The molecular formula is C22H16Cl2N2O3S. The zero-order valence-corrected chi connectivity index (χ0v) is 18.1. The highest BCUT2D eigenvalue weighted by Gasteiger charge is 2.32. The van der Waals surface area contributed by atoms with Crippen molar-refractivity contribution in [3.63, 3.8) is 0 Å². The molecule has 0 bridgehead atoms. The van der Waals surface area contributed by atoms with Crippen LogP contribution < -0.4 is 15.0 Å². The van der Waals surface area contributed by atoms with Gasteiger partial charge in [-0.15, -0.1) is 0 Å². The van der Waals surface area contributed by atoms with Gasteiger partial charge in [0, 0.05) is 6.08 Å². The maximum Gasteiger partial charge on any atom is 0.281 e. The Morgan fingerprint density at radius 1 is 1.17 bits per heavy atom. The Labute approximate surface area is 188 Å². The fraction of sp³-hybridized carbons (Fsp3) is 0.0909. The van der Waals surface area contributed by atoms with Crippen molar-refractivity contribution >= 4 is 58.2 Å². The first kappa shape index (κ1) is 20.5. The minimum atomic E-state index is -0.245. The van der Waals surface area contributed by atoms with Gasteiger partial charge in [-0.2, -0.15) is 0 Å². The maximum absolute atomic E-state index is 12.8. The summed E-state index contributed by atoms with van der Waals surface area (Å²) in [6.07, 6.45) is 1.61. The number of nitrogens with one attached hydrogen (secondary N) is 1. The van der Waals surface area contributed by atoms with E-state index in [1.807, 2.05) is 31.2 Å². The summed E-state index contributed by atoms with van der Waals surface area (Å²) in [6, 6.07) is 16.3. The van der Waals surface area contributed by atoms with E-state index >= 15 is 0 Å². The SMILES string of the molecule is Cc1cccc(N2C(=O)/C(=C\c3ccc(COc4cccc(Cl)c4Cl)o3)NC2=S)c1. The van der Waals surface area contributed by atoms with Crippen molar-refractivity contribution in [3.05, 3.63) is 87.4 Å². The lowest BCUT2D eigenvalue weighted by Gasteiger charge is -2.14. The van der Waals surface area contributed by atoms with Crippen LogP contribution in [0, 0.1) is 6.92 Å². The molecule has 0 unspecified atom stereocenters. The lowest BCUT2D eigenvalue weighted by molar-refractivity contribution is -0.113. The summed E-state index contributed by atoms with van der Waals surface area (Å²) in [5, 5.41) is 4.03. The Balaban J connectivity index is 1.48. The van der Waals surface area contributed by atoms with Crippen LogP contribution in [0.15, 0.2) is 64.7 Å². The van der Waals surface area contributed by atoms with E-state index in [0.717, 1.165) is 5.56 Å². The van der Waals surface area contributed by atoms with Gasteiger partial charge in [0.05, 0.1) is 10.7 Å². The Morgan fingerprint density at radius 3 is 2.77 bits per heavy atom. The number of ether oxygens (including phenoxy) is 1. The van der Waals surface area contributed by atoms with Crippen LogP contribution in [0.25, 0.3) is 6.08 Å². The molecule has 1 aromatic heterocycles. The lowest BCUT2D eigenvalue weighted by atomic mass is 10.2. The first-order valence-corrected chi connectivity index (χ1v) is 10.2. The second kappa shape index (κ2) is 8.52. The molecule has 5 nitrogen and oxygen atoms in total. The molecule has 4 rings (SSSR count). The number of rotatable bonds is 5. The number of carbonyl (C=O) groups excluding carboxylic acids is 1. The predicted octanol–water partition coefficient (Wildman–Crippen LogP) is 5.74. The molecule has 1 saturated heterocycles. The van der Waals surface area contributed by atoms with Crippen molar-refractivity contribution in [2.24, 2.45) is 0 Å². The van der Waals surface area contributed by atoms with Gasteiger partial charge in [0.25, 0.3) is 5.91 Å². The van der Waals surface area contributed by atoms with Gasteiger partial charge in [-0.05, 0) is 61.1 Å². The predicted molar refractivity (Wildman–Crippen MR) is 122 cm³/mol. The zero-order valence-electron chi connectivity index (χ0n) is 15.8. The Hall–Kier alpha value is -2.80. The van der Waals surface area contributed by atoms with Crippen molar-refractivity contribution in [2.75, 3.05) is 4.90 Å². The fourth-order valence-corrected chi connectivity index (χ4v) is 3.62. The van der Waals surface area contributed by atoms with Crippen LogP contribution in [0.5, 0.6) is 5.75 Å². The first-order valence-electron chi connectivity index (χ1n) is 9.02. The van der Waals surface area contributed by atoms with E-state index in [-0.39, 0.29) is 12.5 Å². The molecule has 1 aliphatic rings. The Bertz CT molecular complexity index is 1170. The van der Waals surface area contributed by atoms with Crippen molar-refractivity contribution in [3.8, 4) is 5.75 Å². The molecule has 1 N–H and O–H groups in total. The van der Waals surface area contributed by atoms with Gasteiger partial charge >= 0.3 is 0 Å². The molecule has 0 atom stereocenters. The molecule has 0 saturated carbocycles. The van der Waals surface area contributed by atoms with Crippen LogP contribution in [0.2, 0.25) is 10.0 Å². The topological polar surface area (TPSA) is 54.7 Å². The molecule has 30 heavy (non-hydrogen) atoms. The van der Waals surface area contributed by atoms with E-state index in [4.69, 9.17) is 44.6 Å². The minimum Gasteiger partial charge on any atom is -0.484 e. The third-order valence-corrected chi connectivity index (χ3v) is 5.48. The highest BCUT2D eigenvalue weighted by atomic mass is 35.5. The van der Waals surface area contributed by atoms with Crippen LogP contribution in [0.4, 0.5) is 5.69 Å². The van der Waals surface area contributed by atoms with Gasteiger partial charge in [-0.3, -0.25) is 9.69 Å². The normalized spacial score (nSPS) is 15.0. The maximum atomic E-state index is 12.8. The third-order valence-electron chi connectivity index (χ3n) is 4.39. The van der Waals surface area contributed by atoms with E-state index in [9.17, 15) is 4.79 Å². The molecule has 3 aromatic rings. The van der Waals surface area contributed by atoms with Crippen LogP contribution in [0.1, 0.15) is 17.1 Å². The van der Waals surface area contributed by atoms with Crippen molar-refractivity contribution in [1.29, 1.82) is 0 Å². The number of halogens is 2. The number of thiocarbonyl (C=S) groups is 1. The molecular weight excluding hydrogens is 443 g/mol. The summed E-state index contributed by atoms with van der Waals surface area (Å²) in [5.74, 6) is 1.29. The number of hydrogen-bond acceptors (Lipinski definition) is 4. The molecule has 2 heterocycles. The van der Waals surface area contributed by atoms with Crippen molar-refractivity contribution < 1.29 is 13.9 Å². The molecule has 2 aromatic carbocycles. The summed E-state index contributed by atoms with van der Waals surface area (Å²) in [5.41, 5.74) is 2.09. The van der Waals surface area contributed by atoms with Crippen LogP contribution in [0.3, 0.4) is 0 Å². The number of amides is 1. The van der Waals surface area contributed by atoms with Crippen molar-refractivity contribution in [2.45, 2.75) is 13.5 Å². The number of carbonyl (C=O) groups is 1. The number of hydrogen-bond donors (Lipinski definition) is 1. The number of aryl methyl sites for hydroxylation is 1. The standard InChI is InChI=1S/C22H16Cl2N2O3S/c1-13-4-2-5-14(10-13)26-21(27)18(25-22(26)30)11-15-8-9-16(29-15)12-28-19-7-3-6-17(23)20(19)24/h2-11H,12H2,1H3,(H,25,30)/b18-11+. The largest absolute Gasteiger partial charge is 0.484 e. The zero-order chi connectivity index (χ0) is 21.3. The first-order chi connectivity index (χ1) is 14.4. The van der Waals surface area contributed by atoms with Gasteiger partial charge in [-0.1, -0.05) is 41.4 Å². The molecule has 152 valence electrons. The highest BCUT2D eigenvalue weighted by Crippen LogP contribution is 2.32. The van der Waals surface area contributed by atoms with E-state index in [1.54, 1.807) is 36.4 Å². The molecule has 0 spiro atoms. The quantitative estimate of drug-likeness (QED) is 0.390. The minimum absolute atomic E-state index is 0.165. The summed E-state index contributed by atoms with van der Waals surface area (Å²) < 4.78 is 11.4. The molecule has 0 aliphatic carbocycles. The lowest BCUT2D eigenvalue weighted by Crippen LogP contribution is -2.30. The molecule has 1 aliphatic heterocycles. The van der Waals surface area contributed by atoms with Gasteiger partial charge in [-0.25, -0.2) is 0 Å². The average Bonchev–Trinajstić information content (AvgIpc) is 3.27. The Kier molecular flexibility index (Phi) is 5.81. The smallest absolute Gasteiger partial charge is 0.281 e. The summed E-state index contributed by atoms with van der Waals surface area (Å²) >= 11 is 17.4. The van der Waals surface area contributed by atoms with E-state index in [1.165, 1.54) is 4.90 Å². The van der Waals surface area contributed by atoms with Crippen LogP contribution in [-0.4, -0.2) is 11.0 Å². The second-order valence-electron chi connectivity index (χ2n) is 6.61. The average molecular weight is 459 g/mol. The summed E-state index contributed by atoms with van der Waals surface area (Å²) in [6.45, 7) is 2.12. The Morgan fingerprint density at radius 2 is 1.97 bits per heavy atom. The monoisotopic (exact) mass is 458 g/mol. The second-order valence-corrected chi connectivity index (χ2v) is 7.78. The highest BCUT2D eigenvalue weighted by molar-refractivity contribution is 7.80. The van der Waals surface area contributed by atoms with Crippen LogP contribution in [-0.2, 0) is 11.4 Å². The number of anilines is 1. The van der Waals surface area contributed by atoms with Crippen molar-refractivity contribution in [1.82, 2.24) is 5.32 Å². The van der Waals surface area contributed by atoms with E-state index in [2.05, 4.69) is 5.32 Å². The van der Waals surface area contributed by atoms with E-state index < -0.39 is 0 Å². The molecule has 8 heteroatoms. The number of nitrogens with zero attached hydrogens (tertiary/aromatic N) is 1. The summed E-state index contributed by atoms with van der Waals surface area (Å²) in [7, 11) is 0. The van der Waals surface area contributed by atoms with Crippen LogP contribution >= 0.6 is 35.4 Å². The van der Waals surface area contributed by atoms with E-state index in [0.29, 0.717) is 43.8 Å². The fourth-order valence-electron chi connectivity index (χ4n) is 2.97. The van der Waals surface area contributed by atoms with Gasteiger partial charge in [0.2, 0.25) is 0 Å². The summed E-state index contributed by atoms with van der Waals surface area (Å²) in [4.78, 5) is 14.3. The number of benzene rings is 2. The molecule has 1 fully saturated rings. The van der Waals surface area contributed by atoms with Gasteiger partial charge < -0.3 is 14.5 Å². The third kappa shape index (κ3) is 4.21. The van der Waals surface area contributed by atoms with Gasteiger partial charge in [0.1, 0.15) is 34.6 Å². The molecule has 1 amide bonds. The number of furan rings is 1. The molecule has 0 radical (unpaired) electrons.